The van der Waals surface area contributed by atoms with Crippen LogP contribution in [0.25, 0.3) is 0 Å². The van der Waals surface area contributed by atoms with Crippen LogP contribution in [0.5, 0.6) is 0 Å². The van der Waals surface area contributed by atoms with Crippen molar-refractivity contribution in [3.05, 3.63) is 28.4 Å². The summed E-state index contributed by atoms with van der Waals surface area (Å²) in [7, 11) is -4.09. The van der Waals surface area contributed by atoms with E-state index in [0.29, 0.717) is 0 Å². The number of carboxylic acids is 1. The Labute approximate surface area is 106 Å². The third kappa shape index (κ3) is 3.94. The van der Waals surface area contributed by atoms with Crippen LogP contribution in [0.3, 0.4) is 0 Å². The first kappa shape index (κ1) is 14.9. The number of aromatic nitrogens is 1. The monoisotopic (exact) mass is 291 g/mol. The Morgan fingerprint density at radius 2 is 2.16 bits per heavy atom. The molecule has 11 heteroatoms. The van der Waals surface area contributed by atoms with Crippen molar-refractivity contribution in [2.24, 2.45) is 0 Å². The number of nitrogens with zero attached hydrogens (tertiary/aromatic N) is 2. The van der Waals surface area contributed by atoms with Crippen molar-refractivity contribution >= 4 is 21.8 Å². The number of nitro groups is 1. The highest BCUT2D eigenvalue weighted by Crippen LogP contribution is 2.11. The molecule has 19 heavy (non-hydrogen) atoms. The summed E-state index contributed by atoms with van der Waals surface area (Å²) < 4.78 is 25.1. The van der Waals surface area contributed by atoms with Gasteiger partial charge < -0.3 is 20.3 Å². The second kappa shape index (κ2) is 5.69. The molecule has 0 amide bonds. The number of sulfonamides is 1. The molecule has 3 N–H and O–H groups in total. The summed E-state index contributed by atoms with van der Waals surface area (Å²) >= 11 is 0. The molecular weight excluding hydrogens is 282 g/mol. The SMILES string of the molecule is O=C(O)[C@@H](O)CNS(=O)(=O)c1ccc([N+](=O)[O-])nc1. The maximum atomic E-state index is 11.6. The molecule has 0 unspecified atom stereocenters. The zero-order valence-corrected chi connectivity index (χ0v) is 10.1. The number of hydrogen-bond donors (Lipinski definition) is 3. The quantitative estimate of drug-likeness (QED) is 0.431. The van der Waals surface area contributed by atoms with Crippen LogP contribution in [0.4, 0.5) is 5.82 Å². The summed E-state index contributed by atoms with van der Waals surface area (Å²) in [6.07, 6.45) is -1.13. The Hall–Kier alpha value is -2.11. The van der Waals surface area contributed by atoms with Gasteiger partial charge in [0.1, 0.15) is 4.90 Å². The zero-order valence-electron chi connectivity index (χ0n) is 9.25. The number of carbonyl (C=O) groups is 1. The first-order valence-electron chi connectivity index (χ1n) is 4.75. The first-order valence-corrected chi connectivity index (χ1v) is 6.23. The van der Waals surface area contributed by atoms with E-state index in [1.807, 2.05) is 4.72 Å². The molecule has 1 atom stereocenters. The van der Waals surface area contributed by atoms with Crippen LogP contribution in [-0.2, 0) is 14.8 Å². The van der Waals surface area contributed by atoms with Gasteiger partial charge in [-0.05, 0) is 16.0 Å². The average Bonchev–Trinajstić information content (AvgIpc) is 2.36. The highest BCUT2D eigenvalue weighted by molar-refractivity contribution is 7.89. The molecule has 0 aliphatic carbocycles. The number of aliphatic carboxylic acids is 1. The summed E-state index contributed by atoms with van der Waals surface area (Å²) in [5.41, 5.74) is 0. The molecule has 0 fully saturated rings. The molecule has 1 heterocycles. The van der Waals surface area contributed by atoms with Crippen molar-refractivity contribution in [2.45, 2.75) is 11.0 Å². The van der Waals surface area contributed by atoms with Crippen molar-refractivity contribution in [3.8, 4) is 0 Å². The van der Waals surface area contributed by atoms with Crippen molar-refractivity contribution in [2.75, 3.05) is 6.54 Å². The van der Waals surface area contributed by atoms with Crippen LogP contribution in [-0.4, -0.2) is 47.2 Å². The van der Waals surface area contributed by atoms with Crippen molar-refractivity contribution in [1.29, 1.82) is 0 Å². The van der Waals surface area contributed by atoms with Gasteiger partial charge in [0.2, 0.25) is 10.0 Å². The molecule has 0 spiro atoms. The predicted octanol–water partition coefficient (Wildman–Crippen LogP) is -1.29. The van der Waals surface area contributed by atoms with E-state index in [1.165, 1.54) is 0 Å². The molecule has 10 nitrogen and oxygen atoms in total. The van der Waals surface area contributed by atoms with E-state index in [-0.39, 0.29) is 4.90 Å². The summed E-state index contributed by atoms with van der Waals surface area (Å²) in [5, 5.41) is 27.6. The Morgan fingerprint density at radius 1 is 1.53 bits per heavy atom. The molecular formula is C8H9N3O7S. The van der Waals surface area contributed by atoms with Crippen molar-refractivity contribution < 1.29 is 28.3 Å². The van der Waals surface area contributed by atoms with Gasteiger partial charge in [0.15, 0.2) is 12.3 Å². The van der Waals surface area contributed by atoms with Crippen LogP contribution in [0.1, 0.15) is 0 Å². The Bertz CT molecular complexity index is 583. The van der Waals surface area contributed by atoms with E-state index in [0.717, 1.165) is 18.3 Å². The van der Waals surface area contributed by atoms with Gasteiger partial charge in [-0.15, -0.1) is 0 Å². The predicted molar refractivity (Wildman–Crippen MR) is 59.7 cm³/mol. The number of rotatable bonds is 6. The summed E-state index contributed by atoms with van der Waals surface area (Å²) in [4.78, 5) is 22.8. The minimum Gasteiger partial charge on any atom is -0.479 e. The normalized spacial score (nSPS) is 12.9. The largest absolute Gasteiger partial charge is 0.479 e. The molecule has 104 valence electrons. The lowest BCUT2D eigenvalue weighted by Gasteiger charge is -2.07. The lowest BCUT2D eigenvalue weighted by atomic mass is 10.4. The van der Waals surface area contributed by atoms with Crippen LogP contribution in [0.2, 0.25) is 0 Å². The van der Waals surface area contributed by atoms with E-state index in [4.69, 9.17) is 10.2 Å². The molecule has 0 aliphatic heterocycles. The fourth-order valence-corrected chi connectivity index (χ4v) is 1.98. The van der Waals surface area contributed by atoms with Crippen molar-refractivity contribution in [1.82, 2.24) is 9.71 Å². The summed E-state index contributed by atoms with van der Waals surface area (Å²) in [6.45, 7) is -0.728. The van der Waals surface area contributed by atoms with Gasteiger partial charge in [-0.3, -0.25) is 0 Å². The summed E-state index contributed by atoms with van der Waals surface area (Å²) in [6, 6.07) is 1.84. The summed E-state index contributed by atoms with van der Waals surface area (Å²) in [5.74, 6) is -2.10. The minimum atomic E-state index is -4.09. The van der Waals surface area contributed by atoms with Gasteiger partial charge in [0, 0.05) is 12.6 Å². The average molecular weight is 291 g/mol. The van der Waals surface area contributed by atoms with Gasteiger partial charge in [-0.25, -0.2) is 17.9 Å². The van der Waals surface area contributed by atoms with Gasteiger partial charge in [0.25, 0.3) is 0 Å². The fraction of sp³-hybridized carbons (Fsp3) is 0.250. The molecule has 0 radical (unpaired) electrons. The van der Waals surface area contributed by atoms with Gasteiger partial charge in [-0.1, -0.05) is 0 Å². The standard InChI is InChI=1S/C8H9N3O7S/c12-6(8(13)14)4-10-19(17,18)5-1-2-7(9-3-5)11(15)16/h1-3,6,10,12H,4H2,(H,13,14)/t6-/m0/s1. The van der Waals surface area contributed by atoms with Gasteiger partial charge in [-0.2, -0.15) is 0 Å². The molecule has 1 rings (SSSR count). The Morgan fingerprint density at radius 3 is 2.58 bits per heavy atom. The molecule has 0 saturated heterocycles. The molecule has 1 aromatic heterocycles. The lowest BCUT2D eigenvalue weighted by molar-refractivity contribution is -0.389. The highest BCUT2D eigenvalue weighted by atomic mass is 32.2. The van der Waals surface area contributed by atoms with Crippen LogP contribution in [0, 0.1) is 10.1 Å². The molecule has 0 bridgehead atoms. The van der Waals surface area contributed by atoms with E-state index >= 15 is 0 Å². The topological polar surface area (TPSA) is 160 Å². The third-order valence-corrected chi connectivity index (χ3v) is 3.38. The zero-order chi connectivity index (χ0) is 14.6. The number of aliphatic hydroxyl groups is 1. The van der Waals surface area contributed by atoms with E-state index in [9.17, 15) is 23.3 Å². The maximum Gasteiger partial charge on any atom is 0.363 e. The molecule has 0 aliphatic rings. The van der Waals surface area contributed by atoms with Gasteiger partial charge >= 0.3 is 11.8 Å². The van der Waals surface area contributed by atoms with Crippen molar-refractivity contribution in [3.63, 3.8) is 0 Å². The smallest absolute Gasteiger partial charge is 0.363 e. The first-order chi connectivity index (χ1) is 8.74. The Balaban J connectivity index is 2.83. The van der Waals surface area contributed by atoms with E-state index < -0.39 is 39.4 Å². The molecule has 1 aromatic rings. The van der Waals surface area contributed by atoms with Crippen LogP contribution < -0.4 is 4.72 Å². The van der Waals surface area contributed by atoms with E-state index in [1.54, 1.807) is 0 Å². The minimum absolute atomic E-state index is 0.379. The highest BCUT2D eigenvalue weighted by Gasteiger charge is 2.21. The number of pyridine rings is 1. The van der Waals surface area contributed by atoms with Gasteiger partial charge in [0.05, 0.1) is 0 Å². The third-order valence-electron chi connectivity index (χ3n) is 1.97. The van der Waals surface area contributed by atoms with E-state index in [2.05, 4.69) is 4.98 Å². The van der Waals surface area contributed by atoms with Crippen LogP contribution >= 0.6 is 0 Å². The number of carboxylic acid groups (broad SMARTS) is 1. The lowest BCUT2D eigenvalue weighted by Crippen LogP contribution is -2.36. The second-order valence-electron chi connectivity index (χ2n) is 3.32. The maximum absolute atomic E-state index is 11.6. The second-order valence-corrected chi connectivity index (χ2v) is 5.08. The van der Waals surface area contributed by atoms with Crippen LogP contribution in [0.15, 0.2) is 23.2 Å². The molecule has 0 aromatic carbocycles. The fourth-order valence-electron chi connectivity index (χ4n) is 0.999. The molecule has 0 saturated carbocycles. The number of aliphatic hydroxyl groups excluding tert-OH is 1. The number of nitrogens with one attached hydrogen (secondary N) is 1. The Kier molecular flexibility index (Phi) is 4.47. The number of hydrogen-bond acceptors (Lipinski definition) is 7.